The summed E-state index contributed by atoms with van der Waals surface area (Å²) in [5, 5.41) is 4.81. The molecule has 0 saturated heterocycles. The fourth-order valence-electron chi connectivity index (χ4n) is 3.12. The van der Waals surface area contributed by atoms with Gasteiger partial charge in [0.2, 0.25) is 0 Å². The van der Waals surface area contributed by atoms with E-state index in [1.165, 1.54) is 5.56 Å². The first kappa shape index (κ1) is 16.8. The maximum absolute atomic E-state index is 11.0. The third-order valence-electron chi connectivity index (χ3n) is 4.58. The molecule has 132 valence electrons. The molecule has 0 spiro atoms. The van der Waals surface area contributed by atoms with E-state index in [2.05, 4.69) is 31.2 Å². The summed E-state index contributed by atoms with van der Waals surface area (Å²) in [6, 6.07) is 25.5. The van der Waals surface area contributed by atoms with Gasteiger partial charge in [-0.05, 0) is 24.6 Å². The summed E-state index contributed by atoms with van der Waals surface area (Å²) >= 11 is 0. The highest BCUT2D eigenvalue weighted by Crippen LogP contribution is 2.37. The van der Waals surface area contributed by atoms with Gasteiger partial charge in [0.05, 0.1) is 11.3 Å². The van der Waals surface area contributed by atoms with Gasteiger partial charge in [-0.15, -0.1) is 0 Å². The first-order valence-corrected chi connectivity index (χ1v) is 8.74. The number of carbonyl (C=O) groups excluding carboxylic acids is 1. The molecule has 1 heterocycles. The van der Waals surface area contributed by atoms with Crippen molar-refractivity contribution in [2.45, 2.75) is 6.92 Å². The zero-order valence-electron chi connectivity index (χ0n) is 15.0. The molecule has 0 aliphatic rings. The third-order valence-corrected chi connectivity index (χ3v) is 4.58. The van der Waals surface area contributed by atoms with Crippen LogP contribution < -0.4 is 5.73 Å². The predicted octanol–water partition coefficient (Wildman–Crippen LogP) is 4.91. The number of benzene rings is 3. The van der Waals surface area contributed by atoms with Gasteiger partial charge < -0.3 is 5.73 Å². The molecule has 0 amide bonds. The van der Waals surface area contributed by atoms with Gasteiger partial charge >= 0.3 is 0 Å². The lowest BCUT2D eigenvalue weighted by atomic mass is 9.99. The van der Waals surface area contributed by atoms with E-state index in [1.807, 2.05) is 42.5 Å². The molecular weight excluding hydrogens is 334 g/mol. The van der Waals surface area contributed by atoms with Crippen molar-refractivity contribution < 1.29 is 4.79 Å². The molecule has 4 nitrogen and oxygen atoms in total. The van der Waals surface area contributed by atoms with Crippen LogP contribution in [0, 0.1) is 6.92 Å². The summed E-state index contributed by atoms with van der Waals surface area (Å²) in [6.07, 6.45) is 0.835. The molecule has 0 aliphatic carbocycles. The largest absolute Gasteiger partial charge is 0.383 e. The van der Waals surface area contributed by atoms with Gasteiger partial charge in [-0.3, -0.25) is 4.79 Å². The number of aryl methyl sites for hydroxylation is 1. The zero-order chi connectivity index (χ0) is 18.8. The molecule has 0 aliphatic heterocycles. The molecule has 3 aromatic carbocycles. The Labute approximate surface area is 157 Å². The molecule has 2 N–H and O–H groups in total. The Hall–Kier alpha value is -3.66. The van der Waals surface area contributed by atoms with Crippen LogP contribution in [-0.4, -0.2) is 16.1 Å². The van der Waals surface area contributed by atoms with E-state index in [0.717, 1.165) is 34.4 Å². The van der Waals surface area contributed by atoms with E-state index >= 15 is 0 Å². The molecule has 0 bridgehead atoms. The SMILES string of the molecule is Cc1ccc(-c2c(-c3ccc(C=O)cc3)nn(-c3ccccc3)c2N)cc1. The van der Waals surface area contributed by atoms with Crippen LogP contribution in [0.1, 0.15) is 15.9 Å². The number of anilines is 1. The molecule has 4 rings (SSSR count). The number of aldehydes is 1. The smallest absolute Gasteiger partial charge is 0.150 e. The van der Waals surface area contributed by atoms with Crippen molar-refractivity contribution in [1.82, 2.24) is 9.78 Å². The van der Waals surface area contributed by atoms with Crippen molar-refractivity contribution in [3.05, 3.63) is 90.0 Å². The molecule has 4 aromatic rings. The van der Waals surface area contributed by atoms with Crippen LogP contribution in [0.15, 0.2) is 78.9 Å². The molecular formula is C23H19N3O. The zero-order valence-corrected chi connectivity index (χ0v) is 15.0. The van der Waals surface area contributed by atoms with Crippen LogP contribution in [0.5, 0.6) is 0 Å². The van der Waals surface area contributed by atoms with E-state index in [-0.39, 0.29) is 0 Å². The van der Waals surface area contributed by atoms with Crippen molar-refractivity contribution >= 4 is 12.1 Å². The second-order valence-corrected chi connectivity index (χ2v) is 6.46. The van der Waals surface area contributed by atoms with Gasteiger partial charge in [-0.1, -0.05) is 72.3 Å². The van der Waals surface area contributed by atoms with Crippen LogP contribution in [0.25, 0.3) is 28.1 Å². The quantitative estimate of drug-likeness (QED) is 0.530. The number of nitrogens with zero attached hydrogens (tertiary/aromatic N) is 2. The van der Waals surface area contributed by atoms with E-state index in [0.29, 0.717) is 11.4 Å². The van der Waals surface area contributed by atoms with Crippen molar-refractivity contribution in [2.75, 3.05) is 5.73 Å². The Morgan fingerprint density at radius 2 is 1.48 bits per heavy atom. The summed E-state index contributed by atoms with van der Waals surface area (Å²) in [6.45, 7) is 2.06. The number of carbonyl (C=O) groups is 1. The highest BCUT2D eigenvalue weighted by molar-refractivity contribution is 5.89. The summed E-state index contributed by atoms with van der Waals surface area (Å²) < 4.78 is 1.76. The van der Waals surface area contributed by atoms with E-state index in [1.54, 1.807) is 16.8 Å². The molecule has 27 heavy (non-hydrogen) atoms. The minimum absolute atomic E-state index is 0.583. The number of nitrogen functional groups attached to an aromatic ring is 1. The van der Waals surface area contributed by atoms with Gasteiger partial charge in [0.1, 0.15) is 17.8 Å². The van der Waals surface area contributed by atoms with Crippen LogP contribution >= 0.6 is 0 Å². The lowest BCUT2D eigenvalue weighted by Crippen LogP contribution is -2.01. The molecule has 0 radical (unpaired) electrons. The number of hydrogen-bond donors (Lipinski definition) is 1. The van der Waals surface area contributed by atoms with Crippen LogP contribution in [0.3, 0.4) is 0 Å². The highest BCUT2D eigenvalue weighted by Gasteiger charge is 2.19. The van der Waals surface area contributed by atoms with E-state index in [9.17, 15) is 4.79 Å². The Morgan fingerprint density at radius 3 is 2.11 bits per heavy atom. The lowest BCUT2D eigenvalue weighted by molar-refractivity contribution is 0.112. The van der Waals surface area contributed by atoms with E-state index < -0.39 is 0 Å². The lowest BCUT2D eigenvalue weighted by Gasteiger charge is -2.06. The third kappa shape index (κ3) is 3.13. The normalized spacial score (nSPS) is 10.7. The monoisotopic (exact) mass is 353 g/mol. The van der Waals surface area contributed by atoms with Crippen molar-refractivity contribution in [1.29, 1.82) is 0 Å². The van der Waals surface area contributed by atoms with Crippen molar-refractivity contribution in [3.8, 4) is 28.1 Å². The number of nitrogens with two attached hydrogens (primary N) is 1. The van der Waals surface area contributed by atoms with Gasteiger partial charge in [0.25, 0.3) is 0 Å². The molecule has 0 atom stereocenters. The van der Waals surface area contributed by atoms with Gasteiger partial charge in [0.15, 0.2) is 0 Å². The summed E-state index contributed by atoms with van der Waals surface area (Å²) in [4.78, 5) is 11.0. The molecule has 1 aromatic heterocycles. The minimum Gasteiger partial charge on any atom is -0.383 e. The molecule has 0 fully saturated rings. The van der Waals surface area contributed by atoms with Crippen LogP contribution in [0.2, 0.25) is 0 Å². The number of hydrogen-bond acceptors (Lipinski definition) is 3. The topological polar surface area (TPSA) is 60.9 Å². The van der Waals surface area contributed by atoms with Crippen molar-refractivity contribution in [2.24, 2.45) is 0 Å². The van der Waals surface area contributed by atoms with Gasteiger partial charge in [-0.2, -0.15) is 5.10 Å². The van der Waals surface area contributed by atoms with Crippen molar-refractivity contribution in [3.63, 3.8) is 0 Å². The average molecular weight is 353 g/mol. The number of rotatable bonds is 4. The highest BCUT2D eigenvalue weighted by atomic mass is 16.1. The maximum Gasteiger partial charge on any atom is 0.150 e. The van der Waals surface area contributed by atoms with E-state index in [4.69, 9.17) is 10.8 Å². The average Bonchev–Trinajstić information content (AvgIpc) is 3.06. The summed E-state index contributed by atoms with van der Waals surface area (Å²) in [5.41, 5.74) is 12.9. The Kier molecular flexibility index (Phi) is 4.30. The first-order chi connectivity index (χ1) is 13.2. The number of aromatic nitrogens is 2. The Bertz CT molecular complexity index is 1080. The standard InChI is InChI=1S/C23H19N3O/c1-16-7-11-18(12-8-16)21-22(19-13-9-17(15-27)10-14-19)25-26(23(21)24)20-5-3-2-4-6-20/h2-15H,24H2,1H3. The fourth-order valence-corrected chi connectivity index (χ4v) is 3.12. The van der Waals surface area contributed by atoms with Gasteiger partial charge in [-0.25, -0.2) is 4.68 Å². The molecule has 4 heteroatoms. The van der Waals surface area contributed by atoms with Crippen LogP contribution in [-0.2, 0) is 0 Å². The number of para-hydroxylation sites is 1. The predicted molar refractivity (Wildman–Crippen MR) is 109 cm³/mol. The first-order valence-electron chi connectivity index (χ1n) is 8.74. The Balaban J connectivity index is 1.95. The fraction of sp³-hybridized carbons (Fsp3) is 0.0435. The second-order valence-electron chi connectivity index (χ2n) is 6.46. The molecule has 0 saturated carbocycles. The maximum atomic E-state index is 11.0. The summed E-state index contributed by atoms with van der Waals surface area (Å²) in [5.74, 6) is 0.583. The van der Waals surface area contributed by atoms with Crippen LogP contribution in [0.4, 0.5) is 5.82 Å². The molecule has 0 unspecified atom stereocenters. The van der Waals surface area contributed by atoms with Gasteiger partial charge in [0, 0.05) is 11.1 Å². The Morgan fingerprint density at radius 1 is 0.852 bits per heavy atom. The second kappa shape index (κ2) is 6.92. The minimum atomic E-state index is 0.583. The summed E-state index contributed by atoms with van der Waals surface area (Å²) in [7, 11) is 0.